The summed E-state index contributed by atoms with van der Waals surface area (Å²) >= 11 is 0. The Morgan fingerprint density at radius 2 is 1.27 bits per heavy atom. The monoisotopic (exact) mass is 485 g/mol. The van der Waals surface area contributed by atoms with E-state index in [0.29, 0.717) is 16.8 Å². The lowest BCUT2D eigenvalue weighted by Crippen LogP contribution is -2.38. The van der Waals surface area contributed by atoms with Crippen molar-refractivity contribution in [1.29, 1.82) is 0 Å². The number of hydrogen-bond acceptors (Lipinski definition) is 4. The van der Waals surface area contributed by atoms with Gasteiger partial charge in [-0.25, -0.2) is 4.68 Å². The topological polar surface area (TPSA) is 78.8 Å². The Balaban J connectivity index is 1.80. The molecule has 2 heterocycles. The van der Waals surface area contributed by atoms with E-state index in [1.54, 1.807) is 16.8 Å². The molecule has 7 nitrogen and oxygen atoms in total. The third-order valence-electron chi connectivity index (χ3n) is 6.72. The molecule has 0 aliphatic heterocycles. The van der Waals surface area contributed by atoms with Crippen LogP contribution in [0.2, 0.25) is 0 Å². The van der Waals surface area contributed by atoms with Crippen molar-refractivity contribution in [3.63, 3.8) is 0 Å². The highest BCUT2D eigenvalue weighted by Gasteiger charge is 2.41. The van der Waals surface area contributed by atoms with E-state index in [0.717, 1.165) is 22.2 Å². The lowest BCUT2D eigenvalue weighted by molar-refractivity contribution is -0.384. The molecule has 180 valence electrons. The average Bonchev–Trinajstić information content (AvgIpc) is 3.54. The zero-order chi connectivity index (χ0) is 25.4. The summed E-state index contributed by atoms with van der Waals surface area (Å²) in [6.45, 7) is 0. The number of fused-ring (bicyclic) bond motifs is 1. The van der Waals surface area contributed by atoms with Gasteiger partial charge in [-0.3, -0.25) is 14.8 Å². The zero-order valence-electron chi connectivity index (χ0n) is 20.1. The van der Waals surface area contributed by atoms with E-state index in [4.69, 9.17) is 5.10 Å². The van der Waals surface area contributed by atoms with Gasteiger partial charge in [0.05, 0.1) is 10.4 Å². The van der Waals surface area contributed by atoms with E-state index in [1.807, 2.05) is 78.6 Å². The molecule has 0 spiro atoms. The van der Waals surface area contributed by atoms with Crippen molar-refractivity contribution in [2.24, 2.45) is 7.05 Å². The molecule has 0 aliphatic rings. The Kier molecular flexibility index (Phi) is 5.38. The van der Waals surface area contributed by atoms with Gasteiger partial charge in [0.1, 0.15) is 16.9 Å². The minimum absolute atomic E-state index is 0.00830. The summed E-state index contributed by atoms with van der Waals surface area (Å²) in [4.78, 5) is 11.3. The first-order valence-electron chi connectivity index (χ1n) is 11.9. The predicted molar refractivity (Wildman–Crippen MR) is 143 cm³/mol. The van der Waals surface area contributed by atoms with Gasteiger partial charge in [-0.05, 0) is 28.8 Å². The molecule has 0 atom stereocenters. The van der Waals surface area contributed by atoms with Crippen LogP contribution in [0.4, 0.5) is 5.69 Å². The Morgan fingerprint density at radius 1 is 0.730 bits per heavy atom. The highest BCUT2D eigenvalue weighted by Crippen LogP contribution is 2.44. The maximum atomic E-state index is 11.7. The lowest BCUT2D eigenvalue weighted by atomic mass is 9.77. The van der Waals surface area contributed by atoms with E-state index in [9.17, 15) is 10.1 Å². The second-order valence-corrected chi connectivity index (χ2v) is 8.90. The first-order valence-corrected chi connectivity index (χ1v) is 11.9. The molecular formula is C30H23N5O2. The minimum Gasteiger partial charge on any atom is -0.275 e. The van der Waals surface area contributed by atoms with Crippen LogP contribution in [-0.4, -0.2) is 24.5 Å². The lowest BCUT2D eigenvalue weighted by Gasteiger charge is -2.37. The van der Waals surface area contributed by atoms with Crippen LogP contribution in [0.5, 0.6) is 0 Å². The Bertz CT molecular complexity index is 1610. The third-order valence-corrected chi connectivity index (χ3v) is 6.72. The second kappa shape index (κ2) is 8.87. The number of benzene rings is 4. The van der Waals surface area contributed by atoms with Crippen molar-refractivity contribution < 1.29 is 4.92 Å². The van der Waals surface area contributed by atoms with E-state index in [2.05, 4.69) is 41.5 Å². The standard InChI is InChI=1S/C30H23N5O2/c1-33-20-19-27(31-33)29-26-21-25(35(36)37)17-18-28(26)34(32-29)30(22-11-5-2-6-12-22,23-13-7-3-8-14-23)24-15-9-4-10-16-24/h2-21H,1H3. The van der Waals surface area contributed by atoms with Crippen LogP contribution in [-0.2, 0) is 12.6 Å². The molecule has 7 heteroatoms. The average molecular weight is 486 g/mol. The fourth-order valence-corrected chi connectivity index (χ4v) is 5.11. The molecule has 6 aromatic rings. The number of aromatic nitrogens is 4. The molecular weight excluding hydrogens is 462 g/mol. The van der Waals surface area contributed by atoms with Crippen LogP contribution < -0.4 is 0 Å². The molecule has 0 saturated heterocycles. The zero-order valence-corrected chi connectivity index (χ0v) is 20.1. The Labute approximate surface area is 213 Å². The maximum absolute atomic E-state index is 11.7. The minimum atomic E-state index is -0.856. The maximum Gasteiger partial charge on any atom is 0.270 e. The third kappa shape index (κ3) is 3.60. The molecule has 4 aromatic carbocycles. The van der Waals surface area contributed by atoms with Gasteiger partial charge in [-0.2, -0.15) is 10.2 Å². The molecule has 0 radical (unpaired) electrons. The van der Waals surface area contributed by atoms with Crippen molar-refractivity contribution in [1.82, 2.24) is 19.6 Å². The largest absolute Gasteiger partial charge is 0.275 e. The number of rotatable bonds is 6. The smallest absolute Gasteiger partial charge is 0.270 e. The van der Waals surface area contributed by atoms with Crippen molar-refractivity contribution in [2.45, 2.75) is 5.54 Å². The quantitative estimate of drug-likeness (QED) is 0.160. The molecule has 0 aliphatic carbocycles. The van der Waals surface area contributed by atoms with Crippen LogP contribution >= 0.6 is 0 Å². The number of nitrogens with zero attached hydrogens (tertiary/aromatic N) is 5. The molecule has 37 heavy (non-hydrogen) atoms. The van der Waals surface area contributed by atoms with Crippen molar-refractivity contribution in [3.8, 4) is 11.4 Å². The predicted octanol–water partition coefficient (Wildman–Crippen LogP) is 6.19. The normalized spacial score (nSPS) is 11.6. The number of nitro benzene ring substituents is 1. The Hall–Kier alpha value is -5.04. The number of hydrogen-bond donors (Lipinski definition) is 0. The summed E-state index contributed by atoms with van der Waals surface area (Å²) in [5.41, 5.74) is 4.21. The van der Waals surface area contributed by atoms with Crippen molar-refractivity contribution >= 4 is 16.6 Å². The van der Waals surface area contributed by atoms with Crippen molar-refractivity contribution in [3.05, 3.63) is 148 Å². The van der Waals surface area contributed by atoms with Crippen molar-refractivity contribution in [2.75, 3.05) is 0 Å². The highest BCUT2D eigenvalue weighted by molar-refractivity contribution is 5.94. The first-order chi connectivity index (χ1) is 18.1. The van der Waals surface area contributed by atoms with E-state index in [1.165, 1.54) is 6.07 Å². The van der Waals surface area contributed by atoms with Gasteiger partial charge in [0, 0.05) is 30.8 Å². The van der Waals surface area contributed by atoms with E-state index >= 15 is 0 Å². The second-order valence-electron chi connectivity index (χ2n) is 8.90. The number of non-ortho nitro benzene ring substituents is 1. The molecule has 0 amide bonds. The van der Waals surface area contributed by atoms with E-state index < -0.39 is 5.54 Å². The van der Waals surface area contributed by atoms with Crippen LogP contribution in [0.25, 0.3) is 22.3 Å². The van der Waals surface area contributed by atoms with Crippen LogP contribution in [0.15, 0.2) is 121 Å². The first kappa shape index (κ1) is 22.4. The fourth-order valence-electron chi connectivity index (χ4n) is 5.11. The van der Waals surface area contributed by atoms with Crippen LogP contribution in [0, 0.1) is 10.1 Å². The summed E-state index contributed by atoms with van der Waals surface area (Å²) in [5.74, 6) is 0. The fraction of sp³-hybridized carbons (Fsp3) is 0.0667. The summed E-state index contributed by atoms with van der Waals surface area (Å²) in [7, 11) is 1.84. The molecule has 2 aromatic heterocycles. The van der Waals surface area contributed by atoms with Gasteiger partial charge in [-0.15, -0.1) is 0 Å². The van der Waals surface area contributed by atoms with Gasteiger partial charge in [-0.1, -0.05) is 91.0 Å². The number of aryl methyl sites for hydroxylation is 1. The highest BCUT2D eigenvalue weighted by atomic mass is 16.6. The summed E-state index contributed by atoms with van der Waals surface area (Å²) in [6, 6.07) is 37.5. The van der Waals surface area contributed by atoms with Crippen LogP contribution in [0.1, 0.15) is 16.7 Å². The van der Waals surface area contributed by atoms with Gasteiger partial charge in [0.2, 0.25) is 0 Å². The van der Waals surface area contributed by atoms with Gasteiger partial charge in [0.15, 0.2) is 0 Å². The van der Waals surface area contributed by atoms with E-state index in [-0.39, 0.29) is 10.6 Å². The van der Waals surface area contributed by atoms with Crippen LogP contribution in [0.3, 0.4) is 0 Å². The number of nitro groups is 1. The molecule has 6 rings (SSSR count). The van der Waals surface area contributed by atoms with Gasteiger partial charge >= 0.3 is 0 Å². The summed E-state index contributed by atoms with van der Waals surface area (Å²) < 4.78 is 3.70. The molecule has 0 fully saturated rings. The molecule has 0 unspecified atom stereocenters. The molecule has 0 saturated carbocycles. The molecule has 0 N–H and O–H groups in total. The van der Waals surface area contributed by atoms with Gasteiger partial charge < -0.3 is 0 Å². The summed E-state index contributed by atoms with van der Waals surface area (Å²) in [6.07, 6.45) is 1.84. The Morgan fingerprint density at radius 3 is 1.73 bits per heavy atom. The SMILES string of the molecule is Cn1ccc(-c2nn(C(c3ccccc3)(c3ccccc3)c3ccccc3)c3ccc([N+](=O)[O-])cc23)n1. The van der Waals surface area contributed by atoms with Gasteiger partial charge in [0.25, 0.3) is 5.69 Å². The molecule has 0 bridgehead atoms. The summed E-state index contributed by atoms with van der Waals surface area (Å²) in [5, 5.41) is 22.2.